The number of nitrogens with one attached hydrogen (secondary N) is 1. The van der Waals surface area contributed by atoms with Gasteiger partial charge in [-0.15, -0.1) is 0 Å². The third kappa shape index (κ3) is 4.66. The van der Waals surface area contributed by atoms with Crippen LogP contribution in [0.1, 0.15) is 46.5 Å². The highest BCUT2D eigenvalue weighted by molar-refractivity contribution is 4.77. The van der Waals surface area contributed by atoms with Gasteiger partial charge >= 0.3 is 0 Å². The van der Waals surface area contributed by atoms with Gasteiger partial charge in [-0.2, -0.15) is 0 Å². The smallest absolute Gasteiger partial charge is 0.00203 e. The van der Waals surface area contributed by atoms with Crippen LogP contribution in [-0.4, -0.2) is 13.1 Å². The molecule has 1 heteroatoms. The van der Waals surface area contributed by atoms with Crippen LogP contribution in [0.2, 0.25) is 0 Å². The molecule has 13 heavy (non-hydrogen) atoms. The lowest BCUT2D eigenvalue weighted by Crippen LogP contribution is -2.32. The normalized spacial score (nSPS) is 27.7. The van der Waals surface area contributed by atoms with Gasteiger partial charge in [0.05, 0.1) is 0 Å². The Morgan fingerprint density at radius 1 is 1.31 bits per heavy atom. The predicted octanol–water partition coefficient (Wildman–Crippen LogP) is 3.06. The van der Waals surface area contributed by atoms with Gasteiger partial charge in [-0.3, -0.25) is 0 Å². The molecule has 1 saturated carbocycles. The second kappa shape index (κ2) is 5.64. The van der Waals surface area contributed by atoms with Crippen molar-refractivity contribution < 1.29 is 0 Å². The summed E-state index contributed by atoms with van der Waals surface area (Å²) in [7, 11) is 0. The molecule has 0 aromatic heterocycles. The van der Waals surface area contributed by atoms with Crippen LogP contribution in [0.3, 0.4) is 0 Å². The highest BCUT2D eigenvalue weighted by atomic mass is 14.9. The molecule has 1 N–H and O–H groups in total. The van der Waals surface area contributed by atoms with Crippen molar-refractivity contribution in [1.82, 2.24) is 5.32 Å². The van der Waals surface area contributed by atoms with E-state index in [1.54, 1.807) is 0 Å². The summed E-state index contributed by atoms with van der Waals surface area (Å²) in [5, 5.41) is 3.56. The maximum atomic E-state index is 3.56. The molecule has 78 valence electrons. The van der Waals surface area contributed by atoms with Crippen LogP contribution in [0.25, 0.3) is 0 Å². The largest absolute Gasteiger partial charge is 0.316 e. The summed E-state index contributed by atoms with van der Waals surface area (Å²) >= 11 is 0. The molecule has 0 aromatic carbocycles. The molecule has 1 rings (SSSR count). The van der Waals surface area contributed by atoms with Crippen LogP contribution >= 0.6 is 0 Å². The third-order valence-corrected chi connectivity index (χ3v) is 3.04. The SMILES string of the molecule is CC(C)CCCNCC1CC(C)C1. The molecule has 0 bridgehead atoms. The molecule has 0 spiro atoms. The van der Waals surface area contributed by atoms with E-state index in [0.717, 1.165) is 17.8 Å². The van der Waals surface area contributed by atoms with Gasteiger partial charge in [0, 0.05) is 0 Å². The van der Waals surface area contributed by atoms with E-state index >= 15 is 0 Å². The first-order chi connectivity index (χ1) is 6.18. The van der Waals surface area contributed by atoms with Crippen molar-refractivity contribution in [2.75, 3.05) is 13.1 Å². The van der Waals surface area contributed by atoms with Crippen molar-refractivity contribution in [3.63, 3.8) is 0 Å². The van der Waals surface area contributed by atoms with E-state index in [1.807, 2.05) is 0 Å². The minimum Gasteiger partial charge on any atom is -0.316 e. The molecule has 1 fully saturated rings. The predicted molar refractivity (Wildman–Crippen MR) is 58.8 cm³/mol. The van der Waals surface area contributed by atoms with Gasteiger partial charge < -0.3 is 5.32 Å². The Morgan fingerprint density at radius 2 is 2.00 bits per heavy atom. The minimum absolute atomic E-state index is 0.866. The van der Waals surface area contributed by atoms with Gasteiger partial charge in [0.2, 0.25) is 0 Å². The topological polar surface area (TPSA) is 12.0 Å². The highest BCUT2D eigenvalue weighted by Crippen LogP contribution is 2.32. The van der Waals surface area contributed by atoms with Gasteiger partial charge in [-0.25, -0.2) is 0 Å². The zero-order valence-electron chi connectivity index (χ0n) is 9.47. The Balaban J connectivity index is 1.79. The summed E-state index contributed by atoms with van der Waals surface area (Å²) in [5.74, 6) is 2.86. The molecular weight excluding hydrogens is 158 g/mol. The van der Waals surface area contributed by atoms with Crippen molar-refractivity contribution in [3.05, 3.63) is 0 Å². The van der Waals surface area contributed by atoms with Crippen molar-refractivity contribution in [1.29, 1.82) is 0 Å². The van der Waals surface area contributed by atoms with Gasteiger partial charge in [-0.1, -0.05) is 20.8 Å². The fourth-order valence-corrected chi connectivity index (χ4v) is 2.18. The van der Waals surface area contributed by atoms with Crippen LogP contribution in [0, 0.1) is 17.8 Å². The van der Waals surface area contributed by atoms with Crippen LogP contribution in [-0.2, 0) is 0 Å². The van der Waals surface area contributed by atoms with Crippen LogP contribution < -0.4 is 5.32 Å². The maximum absolute atomic E-state index is 3.56. The lowest BCUT2D eigenvalue weighted by atomic mass is 9.76. The first-order valence-electron chi connectivity index (χ1n) is 5.89. The Bertz CT molecular complexity index is 125. The molecular formula is C12H25N. The molecule has 0 aliphatic heterocycles. The van der Waals surface area contributed by atoms with E-state index < -0.39 is 0 Å². The highest BCUT2D eigenvalue weighted by Gasteiger charge is 2.24. The van der Waals surface area contributed by atoms with E-state index in [-0.39, 0.29) is 0 Å². The molecule has 1 aliphatic carbocycles. The van der Waals surface area contributed by atoms with Crippen molar-refractivity contribution >= 4 is 0 Å². The number of rotatable bonds is 6. The Morgan fingerprint density at radius 3 is 2.54 bits per heavy atom. The maximum Gasteiger partial charge on any atom is -0.00203 e. The van der Waals surface area contributed by atoms with Crippen molar-refractivity contribution in [3.8, 4) is 0 Å². The van der Waals surface area contributed by atoms with Crippen LogP contribution in [0.5, 0.6) is 0 Å². The molecule has 0 amide bonds. The van der Waals surface area contributed by atoms with E-state index in [9.17, 15) is 0 Å². The monoisotopic (exact) mass is 183 g/mol. The van der Waals surface area contributed by atoms with Crippen molar-refractivity contribution in [2.45, 2.75) is 46.5 Å². The van der Waals surface area contributed by atoms with Gasteiger partial charge in [0.1, 0.15) is 0 Å². The fraction of sp³-hybridized carbons (Fsp3) is 1.00. The first-order valence-corrected chi connectivity index (χ1v) is 5.89. The Kier molecular flexibility index (Phi) is 4.79. The molecule has 0 radical (unpaired) electrons. The van der Waals surface area contributed by atoms with Crippen molar-refractivity contribution in [2.24, 2.45) is 17.8 Å². The zero-order valence-corrected chi connectivity index (χ0v) is 9.47. The average Bonchev–Trinajstić information content (AvgIpc) is 1.99. The van der Waals surface area contributed by atoms with E-state index in [1.165, 1.54) is 38.8 Å². The quantitative estimate of drug-likeness (QED) is 0.624. The number of hydrogen-bond donors (Lipinski definition) is 1. The molecule has 1 aliphatic rings. The fourth-order valence-electron chi connectivity index (χ4n) is 2.18. The lowest BCUT2D eigenvalue weighted by Gasteiger charge is -2.32. The molecule has 0 unspecified atom stereocenters. The van der Waals surface area contributed by atoms with Crippen LogP contribution in [0.4, 0.5) is 0 Å². The summed E-state index contributed by atoms with van der Waals surface area (Å²) in [6.07, 6.45) is 5.63. The van der Waals surface area contributed by atoms with E-state index in [0.29, 0.717) is 0 Å². The molecule has 0 heterocycles. The van der Waals surface area contributed by atoms with E-state index in [4.69, 9.17) is 0 Å². The second-order valence-electron chi connectivity index (χ2n) is 5.18. The second-order valence-corrected chi connectivity index (χ2v) is 5.18. The molecule has 0 saturated heterocycles. The van der Waals surface area contributed by atoms with Gasteiger partial charge in [0.25, 0.3) is 0 Å². The summed E-state index contributed by atoms with van der Waals surface area (Å²) in [4.78, 5) is 0. The Labute approximate surface area is 83.3 Å². The van der Waals surface area contributed by atoms with Gasteiger partial charge in [0.15, 0.2) is 0 Å². The Hall–Kier alpha value is -0.0400. The summed E-state index contributed by atoms with van der Waals surface area (Å²) in [6, 6.07) is 0. The summed E-state index contributed by atoms with van der Waals surface area (Å²) in [6.45, 7) is 9.45. The summed E-state index contributed by atoms with van der Waals surface area (Å²) in [5.41, 5.74) is 0. The van der Waals surface area contributed by atoms with E-state index in [2.05, 4.69) is 26.1 Å². The molecule has 0 atom stereocenters. The minimum atomic E-state index is 0.866. The van der Waals surface area contributed by atoms with Gasteiger partial charge in [-0.05, 0) is 56.5 Å². The molecule has 0 aromatic rings. The zero-order chi connectivity index (χ0) is 9.68. The lowest BCUT2D eigenvalue weighted by molar-refractivity contribution is 0.206. The third-order valence-electron chi connectivity index (χ3n) is 3.04. The summed E-state index contributed by atoms with van der Waals surface area (Å²) < 4.78 is 0. The first kappa shape index (κ1) is 11.0. The molecule has 1 nitrogen and oxygen atoms in total. The number of hydrogen-bond acceptors (Lipinski definition) is 1. The standard InChI is InChI=1S/C12H25N/c1-10(2)5-4-6-13-9-12-7-11(3)8-12/h10-13H,4-9H2,1-3H3. The van der Waals surface area contributed by atoms with Crippen LogP contribution in [0.15, 0.2) is 0 Å². The average molecular weight is 183 g/mol.